The molecule has 0 spiro atoms. The molecule has 8 heteroatoms. The lowest BCUT2D eigenvalue weighted by Crippen LogP contribution is -2.32. The molecular weight excluding hydrogens is 302 g/mol. The first-order valence-electron chi connectivity index (χ1n) is 7.84. The Morgan fingerprint density at radius 3 is 2.43 bits per heavy atom. The summed E-state index contributed by atoms with van der Waals surface area (Å²) in [5.74, 6) is -0.526. The molecule has 8 nitrogen and oxygen atoms in total. The smallest absolute Gasteiger partial charge is 0.246 e. The molecule has 136 valence electrons. The Morgan fingerprint density at radius 2 is 1.78 bits per heavy atom. The van der Waals surface area contributed by atoms with Gasteiger partial charge in [-0.15, -0.1) is 0 Å². The minimum absolute atomic E-state index is 0.0801. The molecular formula is C15H31N3O5. The number of carbonyl (C=O) groups is 2. The highest BCUT2D eigenvalue weighted by Crippen LogP contribution is 2.12. The topological polar surface area (TPSA) is 112 Å². The lowest BCUT2D eigenvalue weighted by molar-refractivity contribution is -0.129. The fraction of sp³-hybridized carbons (Fsp3) is 0.867. The molecule has 0 atom stereocenters. The van der Waals surface area contributed by atoms with Crippen molar-refractivity contribution in [2.75, 3.05) is 59.7 Å². The predicted octanol–water partition coefficient (Wildman–Crippen LogP) is -0.932. The number of nitrogens with two attached hydrogens (primary N) is 1. The van der Waals surface area contributed by atoms with Crippen LogP contribution in [-0.2, 0) is 23.8 Å². The van der Waals surface area contributed by atoms with Crippen molar-refractivity contribution in [3.8, 4) is 0 Å². The van der Waals surface area contributed by atoms with Gasteiger partial charge in [0.25, 0.3) is 0 Å². The van der Waals surface area contributed by atoms with Crippen LogP contribution in [0.5, 0.6) is 0 Å². The van der Waals surface area contributed by atoms with E-state index in [1.807, 2.05) is 20.9 Å². The van der Waals surface area contributed by atoms with Gasteiger partial charge in [0.05, 0.1) is 32.0 Å². The van der Waals surface area contributed by atoms with Crippen molar-refractivity contribution >= 4 is 11.7 Å². The Balaban J connectivity index is 3.45. The molecule has 0 aliphatic carbocycles. The number of amides is 1. The summed E-state index contributed by atoms with van der Waals surface area (Å²) in [5, 5.41) is 5.72. The Labute approximate surface area is 138 Å². The minimum Gasteiger partial charge on any atom is -0.377 e. The molecule has 0 saturated heterocycles. The zero-order valence-corrected chi connectivity index (χ0v) is 14.5. The third-order valence-corrected chi connectivity index (χ3v) is 2.99. The number of hydrogen-bond acceptors (Lipinski definition) is 7. The zero-order valence-electron chi connectivity index (χ0n) is 14.5. The maximum absolute atomic E-state index is 11.4. The van der Waals surface area contributed by atoms with Gasteiger partial charge in [0, 0.05) is 6.54 Å². The van der Waals surface area contributed by atoms with E-state index in [0.29, 0.717) is 26.4 Å². The van der Waals surface area contributed by atoms with E-state index < -0.39 is 0 Å². The van der Waals surface area contributed by atoms with E-state index in [0.717, 1.165) is 13.0 Å². The van der Waals surface area contributed by atoms with Gasteiger partial charge in [-0.3, -0.25) is 9.59 Å². The van der Waals surface area contributed by atoms with Gasteiger partial charge in [0.1, 0.15) is 13.2 Å². The van der Waals surface area contributed by atoms with Crippen LogP contribution in [0.4, 0.5) is 0 Å². The van der Waals surface area contributed by atoms with Crippen LogP contribution in [0.2, 0.25) is 0 Å². The monoisotopic (exact) mass is 333 g/mol. The second kappa shape index (κ2) is 13.4. The minimum atomic E-state index is -0.289. The van der Waals surface area contributed by atoms with Crippen molar-refractivity contribution in [1.29, 1.82) is 0 Å². The molecule has 0 aromatic rings. The van der Waals surface area contributed by atoms with Crippen molar-refractivity contribution in [2.45, 2.75) is 25.9 Å². The SMILES string of the molecule is CNCCC(C)(C)OCCOCCNC(=O)COCC(=O)CN. The van der Waals surface area contributed by atoms with E-state index in [-0.39, 0.29) is 37.0 Å². The first kappa shape index (κ1) is 21.9. The first-order chi connectivity index (χ1) is 10.9. The summed E-state index contributed by atoms with van der Waals surface area (Å²) in [6, 6.07) is 0. The molecule has 1 amide bonds. The van der Waals surface area contributed by atoms with E-state index in [2.05, 4.69) is 10.6 Å². The number of ketones is 1. The van der Waals surface area contributed by atoms with Gasteiger partial charge < -0.3 is 30.6 Å². The average Bonchev–Trinajstić information content (AvgIpc) is 2.51. The van der Waals surface area contributed by atoms with E-state index in [4.69, 9.17) is 19.9 Å². The van der Waals surface area contributed by atoms with Crippen LogP contribution in [0.1, 0.15) is 20.3 Å². The highest BCUT2D eigenvalue weighted by Gasteiger charge is 2.16. The van der Waals surface area contributed by atoms with Gasteiger partial charge in [0.15, 0.2) is 5.78 Å². The molecule has 0 rings (SSSR count). The van der Waals surface area contributed by atoms with Crippen LogP contribution in [0.3, 0.4) is 0 Å². The fourth-order valence-electron chi connectivity index (χ4n) is 1.61. The van der Waals surface area contributed by atoms with E-state index >= 15 is 0 Å². The van der Waals surface area contributed by atoms with Gasteiger partial charge >= 0.3 is 0 Å². The Bertz CT molecular complexity index is 337. The standard InChI is InChI=1S/C15H31N3O5/c1-15(2,4-5-17-3)23-9-8-21-7-6-18-14(20)12-22-11-13(19)10-16/h17H,4-12,16H2,1-3H3,(H,18,20). The highest BCUT2D eigenvalue weighted by atomic mass is 16.5. The van der Waals surface area contributed by atoms with E-state index in [1.165, 1.54) is 0 Å². The van der Waals surface area contributed by atoms with Crippen molar-refractivity contribution in [2.24, 2.45) is 5.73 Å². The van der Waals surface area contributed by atoms with Crippen LogP contribution in [0.15, 0.2) is 0 Å². The summed E-state index contributed by atoms with van der Waals surface area (Å²) in [6.45, 7) is 6.37. The number of ether oxygens (including phenoxy) is 3. The third-order valence-electron chi connectivity index (χ3n) is 2.99. The Kier molecular flexibility index (Phi) is 12.8. The second-order valence-electron chi connectivity index (χ2n) is 5.66. The van der Waals surface area contributed by atoms with Crippen LogP contribution in [0, 0.1) is 0 Å². The van der Waals surface area contributed by atoms with Crippen molar-refractivity contribution in [1.82, 2.24) is 10.6 Å². The summed E-state index contributed by atoms with van der Waals surface area (Å²) >= 11 is 0. The predicted molar refractivity (Wildman–Crippen MR) is 87.3 cm³/mol. The molecule has 0 aliphatic heterocycles. The molecule has 0 bridgehead atoms. The van der Waals surface area contributed by atoms with Crippen molar-refractivity contribution < 1.29 is 23.8 Å². The van der Waals surface area contributed by atoms with Crippen molar-refractivity contribution in [3.63, 3.8) is 0 Å². The maximum Gasteiger partial charge on any atom is 0.246 e. The van der Waals surface area contributed by atoms with Crippen LogP contribution in [-0.4, -0.2) is 77.0 Å². The summed E-state index contributed by atoms with van der Waals surface area (Å²) < 4.78 is 16.0. The number of Topliss-reactive ketones (excluding diaryl/α,β-unsaturated/α-hetero) is 1. The normalized spacial score (nSPS) is 11.5. The lowest BCUT2D eigenvalue weighted by Gasteiger charge is -2.25. The zero-order chi connectivity index (χ0) is 17.6. The second-order valence-corrected chi connectivity index (χ2v) is 5.66. The summed E-state index contributed by atoms with van der Waals surface area (Å²) in [7, 11) is 1.91. The number of hydrogen-bond donors (Lipinski definition) is 3. The van der Waals surface area contributed by atoms with Crippen molar-refractivity contribution in [3.05, 3.63) is 0 Å². The average molecular weight is 333 g/mol. The van der Waals surface area contributed by atoms with Crippen LogP contribution in [0.25, 0.3) is 0 Å². The summed E-state index contributed by atoms with van der Waals surface area (Å²) in [4.78, 5) is 22.2. The van der Waals surface area contributed by atoms with E-state index in [9.17, 15) is 9.59 Å². The molecule has 0 aromatic carbocycles. The van der Waals surface area contributed by atoms with Gasteiger partial charge in [0.2, 0.25) is 5.91 Å². The van der Waals surface area contributed by atoms with E-state index in [1.54, 1.807) is 0 Å². The largest absolute Gasteiger partial charge is 0.377 e. The Morgan fingerprint density at radius 1 is 1.04 bits per heavy atom. The highest BCUT2D eigenvalue weighted by molar-refractivity contribution is 5.82. The Hall–Kier alpha value is -1.06. The molecule has 0 radical (unpaired) electrons. The van der Waals surface area contributed by atoms with Gasteiger partial charge in [-0.1, -0.05) is 0 Å². The molecule has 4 N–H and O–H groups in total. The number of carbonyl (C=O) groups excluding carboxylic acids is 2. The molecule has 23 heavy (non-hydrogen) atoms. The third kappa shape index (κ3) is 14.3. The summed E-state index contributed by atoms with van der Waals surface area (Å²) in [5.41, 5.74) is 4.94. The maximum atomic E-state index is 11.4. The quantitative estimate of drug-likeness (QED) is 0.332. The lowest BCUT2D eigenvalue weighted by atomic mass is 10.1. The first-order valence-corrected chi connectivity index (χ1v) is 7.84. The van der Waals surface area contributed by atoms with Gasteiger partial charge in [-0.25, -0.2) is 0 Å². The molecule has 0 heterocycles. The molecule has 0 aliphatic rings. The number of nitrogens with one attached hydrogen (secondary N) is 2. The van der Waals surface area contributed by atoms with Crippen LogP contribution < -0.4 is 16.4 Å². The molecule has 0 saturated carbocycles. The summed E-state index contributed by atoms with van der Waals surface area (Å²) in [6.07, 6.45) is 0.923. The fourth-order valence-corrected chi connectivity index (χ4v) is 1.61. The number of rotatable bonds is 15. The molecule has 0 fully saturated rings. The van der Waals surface area contributed by atoms with Crippen LogP contribution >= 0.6 is 0 Å². The molecule has 0 unspecified atom stereocenters. The van der Waals surface area contributed by atoms with Gasteiger partial charge in [-0.2, -0.15) is 0 Å². The van der Waals surface area contributed by atoms with Gasteiger partial charge in [-0.05, 0) is 33.9 Å². The molecule has 0 aromatic heterocycles.